The maximum atomic E-state index is 13.0. The molecule has 0 spiro atoms. The topological polar surface area (TPSA) is 75.9 Å². The van der Waals surface area contributed by atoms with Gasteiger partial charge in [0.1, 0.15) is 11.6 Å². The van der Waals surface area contributed by atoms with Crippen LogP contribution in [0.5, 0.6) is 0 Å². The molecule has 128 valence electrons. The van der Waals surface area contributed by atoms with Gasteiger partial charge in [0, 0.05) is 24.3 Å². The molecule has 2 heterocycles. The van der Waals surface area contributed by atoms with Crippen molar-refractivity contribution >= 4 is 11.5 Å². The van der Waals surface area contributed by atoms with Crippen LogP contribution in [0.4, 0.5) is 24.7 Å². The molecule has 0 fully saturated rings. The minimum Gasteiger partial charge on any atom is -0.399 e. The number of benzene rings is 1. The quantitative estimate of drug-likeness (QED) is 0.750. The Hall–Kier alpha value is -2.35. The normalized spacial score (nSPS) is 15.2. The lowest BCUT2D eigenvalue weighted by atomic mass is 10.0. The first kappa shape index (κ1) is 16.5. The van der Waals surface area contributed by atoms with Crippen molar-refractivity contribution in [3.05, 3.63) is 46.4 Å². The fourth-order valence-corrected chi connectivity index (χ4v) is 2.79. The molecule has 1 atom stereocenters. The SMILES string of the molecule is Cc1nc2c(c(N[C@H](C)c3cc(N)cc(C(F)(F)F)c3)n1)CNC2. The molecule has 8 heteroatoms. The molecule has 0 aliphatic carbocycles. The highest BCUT2D eigenvalue weighted by molar-refractivity contribution is 5.52. The molecule has 1 aliphatic rings. The Kier molecular flexibility index (Phi) is 4.08. The predicted molar refractivity (Wildman–Crippen MR) is 85.2 cm³/mol. The number of nitrogen functional groups attached to an aromatic ring is 1. The van der Waals surface area contributed by atoms with Crippen molar-refractivity contribution in [3.63, 3.8) is 0 Å². The Morgan fingerprint density at radius 2 is 1.96 bits per heavy atom. The first-order valence-electron chi connectivity index (χ1n) is 7.55. The number of fused-ring (bicyclic) bond motifs is 1. The van der Waals surface area contributed by atoms with Crippen LogP contribution in [0.25, 0.3) is 0 Å². The zero-order valence-corrected chi connectivity index (χ0v) is 13.3. The predicted octanol–water partition coefficient (Wildman–Crippen LogP) is 3.16. The number of nitrogens with zero attached hydrogens (tertiary/aromatic N) is 2. The molecule has 0 radical (unpaired) electrons. The molecule has 3 rings (SSSR count). The van der Waals surface area contributed by atoms with Gasteiger partial charge in [-0.15, -0.1) is 0 Å². The molecule has 24 heavy (non-hydrogen) atoms. The Morgan fingerprint density at radius 3 is 2.67 bits per heavy atom. The monoisotopic (exact) mass is 337 g/mol. The maximum absolute atomic E-state index is 13.0. The third-order valence-electron chi connectivity index (χ3n) is 3.96. The molecule has 5 nitrogen and oxygen atoms in total. The number of aryl methyl sites for hydroxylation is 1. The van der Waals surface area contributed by atoms with Crippen LogP contribution in [0.2, 0.25) is 0 Å². The number of rotatable bonds is 3. The molecule has 4 N–H and O–H groups in total. The minimum atomic E-state index is -4.43. The fraction of sp³-hybridized carbons (Fsp3) is 0.375. The van der Waals surface area contributed by atoms with E-state index in [-0.39, 0.29) is 11.7 Å². The number of hydrogen-bond acceptors (Lipinski definition) is 5. The first-order valence-corrected chi connectivity index (χ1v) is 7.55. The summed E-state index contributed by atoms with van der Waals surface area (Å²) in [6.45, 7) is 4.87. The molecular formula is C16H18F3N5. The van der Waals surface area contributed by atoms with Gasteiger partial charge in [-0.1, -0.05) is 0 Å². The highest BCUT2D eigenvalue weighted by atomic mass is 19.4. The average molecular weight is 337 g/mol. The van der Waals surface area contributed by atoms with Gasteiger partial charge >= 0.3 is 6.18 Å². The van der Waals surface area contributed by atoms with Gasteiger partial charge in [0.2, 0.25) is 0 Å². The molecule has 0 unspecified atom stereocenters. The number of anilines is 2. The van der Waals surface area contributed by atoms with E-state index in [2.05, 4.69) is 20.6 Å². The van der Waals surface area contributed by atoms with Gasteiger partial charge in [0.25, 0.3) is 0 Å². The lowest BCUT2D eigenvalue weighted by Crippen LogP contribution is -2.14. The standard InChI is InChI=1S/C16H18F3N5/c1-8(10-3-11(16(17,18)19)5-12(20)4-10)22-15-13-6-21-7-14(13)23-9(2)24-15/h3-5,8,21H,6-7,20H2,1-2H3,(H,22,23,24)/t8-/m1/s1. The third kappa shape index (κ3) is 3.28. The first-order chi connectivity index (χ1) is 11.2. The van der Waals surface area contributed by atoms with Gasteiger partial charge in [-0.3, -0.25) is 0 Å². The van der Waals surface area contributed by atoms with Crippen LogP contribution in [0.1, 0.15) is 41.2 Å². The van der Waals surface area contributed by atoms with Gasteiger partial charge in [-0.05, 0) is 37.6 Å². The molecule has 0 bridgehead atoms. The second-order valence-corrected chi connectivity index (χ2v) is 5.90. The Balaban J connectivity index is 1.91. The van der Waals surface area contributed by atoms with E-state index in [1.165, 1.54) is 0 Å². The molecule has 1 aliphatic heterocycles. The number of halogens is 3. The second kappa shape index (κ2) is 5.94. The van der Waals surface area contributed by atoms with Gasteiger partial charge in [-0.2, -0.15) is 13.2 Å². The van der Waals surface area contributed by atoms with Crippen molar-refractivity contribution in [2.24, 2.45) is 0 Å². The van der Waals surface area contributed by atoms with Crippen LogP contribution >= 0.6 is 0 Å². The van der Waals surface area contributed by atoms with E-state index in [1.54, 1.807) is 19.9 Å². The highest BCUT2D eigenvalue weighted by Gasteiger charge is 2.31. The second-order valence-electron chi connectivity index (χ2n) is 5.90. The van der Waals surface area contributed by atoms with E-state index in [9.17, 15) is 13.2 Å². The van der Waals surface area contributed by atoms with Crippen LogP contribution in [-0.4, -0.2) is 9.97 Å². The zero-order chi connectivity index (χ0) is 17.5. The van der Waals surface area contributed by atoms with E-state index in [1.807, 2.05) is 0 Å². The maximum Gasteiger partial charge on any atom is 0.416 e. The van der Waals surface area contributed by atoms with Crippen LogP contribution < -0.4 is 16.4 Å². The molecule has 0 amide bonds. The summed E-state index contributed by atoms with van der Waals surface area (Å²) >= 11 is 0. The van der Waals surface area contributed by atoms with Crippen LogP contribution in [0, 0.1) is 6.92 Å². The highest BCUT2D eigenvalue weighted by Crippen LogP contribution is 2.33. The zero-order valence-electron chi connectivity index (χ0n) is 13.3. The third-order valence-corrected chi connectivity index (χ3v) is 3.96. The van der Waals surface area contributed by atoms with E-state index < -0.39 is 11.7 Å². The number of nitrogens with one attached hydrogen (secondary N) is 2. The number of nitrogens with two attached hydrogens (primary N) is 1. The summed E-state index contributed by atoms with van der Waals surface area (Å²) in [4.78, 5) is 8.76. The molecule has 1 aromatic carbocycles. The Morgan fingerprint density at radius 1 is 1.21 bits per heavy atom. The van der Waals surface area contributed by atoms with E-state index in [0.717, 1.165) is 23.4 Å². The van der Waals surface area contributed by atoms with E-state index in [4.69, 9.17) is 5.73 Å². The molecule has 1 aromatic heterocycles. The Labute approximate surface area is 137 Å². The number of hydrogen-bond donors (Lipinski definition) is 3. The summed E-state index contributed by atoms with van der Waals surface area (Å²) in [6, 6.07) is 3.21. The summed E-state index contributed by atoms with van der Waals surface area (Å²) in [5, 5.41) is 6.39. The Bertz CT molecular complexity index is 773. The summed E-state index contributed by atoms with van der Waals surface area (Å²) < 4.78 is 38.9. The summed E-state index contributed by atoms with van der Waals surface area (Å²) in [5.41, 5.74) is 7.29. The summed E-state index contributed by atoms with van der Waals surface area (Å²) in [5.74, 6) is 1.27. The van der Waals surface area contributed by atoms with E-state index in [0.29, 0.717) is 30.3 Å². The lowest BCUT2D eigenvalue weighted by molar-refractivity contribution is -0.137. The minimum absolute atomic E-state index is 0.0826. The molecule has 0 saturated heterocycles. The van der Waals surface area contributed by atoms with Crippen molar-refractivity contribution in [2.45, 2.75) is 39.2 Å². The van der Waals surface area contributed by atoms with Gasteiger partial charge in [-0.25, -0.2) is 9.97 Å². The van der Waals surface area contributed by atoms with Crippen molar-refractivity contribution in [2.75, 3.05) is 11.1 Å². The van der Waals surface area contributed by atoms with E-state index >= 15 is 0 Å². The average Bonchev–Trinajstić information content (AvgIpc) is 2.93. The van der Waals surface area contributed by atoms with Gasteiger partial charge < -0.3 is 16.4 Å². The summed E-state index contributed by atoms with van der Waals surface area (Å²) in [7, 11) is 0. The number of alkyl halides is 3. The van der Waals surface area contributed by atoms with Gasteiger partial charge in [0.05, 0.1) is 17.3 Å². The lowest BCUT2D eigenvalue weighted by Gasteiger charge is -2.19. The van der Waals surface area contributed by atoms with Crippen LogP contribution in [0.15, 0.2) is 18.2 Å². The molecule has 2 aromatic rings. The van der Waals surface area contributed by atoms with Gasteiger partial charge in [0.15, 0.2) is 0 Å². The largest absolute Gasteiger partial charge is 0.416 e. The van der Waals surface area contributed by atoms with Crippen molar-refractivity contribution in [3.8, 4) is 0 Å². The fourth-order valence-electron chi connectivity index (χ4n) is 2.79. The molecule has 0 saturated carbocycles. The van der Waals surface area contributed by atoms with Crippen molar-refractivity contribution in [1.82, 2.24) is 15.3 Å². The van der Waals surface area contributed by atoms with Crippen LogP contribution in [0.3, 0.4) is 0 Å². The van der Waals surface area contributed by atoms with Crippen molar-refractivity contribution < 1.29 is 13.2 Å². The summed E-state index contributed by atoms with van der Waals surface area (Å²) in [6.07, 6.45) is -4.43. The molecular weight excluding hydrogens is 319 g/mol. The van der Waals surface area contributed by atoms with Crippen molar-refractivity contribution in [1.29, 1.82) is 0 Å². The number of aromatic nitrogens is 2. The van der Waals surface area contributed by atoms with Crippen LogP contribution in [-0.2, 0) is 19.3 Å². The smallest absolute Gasteiger partial charge is 0.399 e.